The molecule has 1 unspecified atom stereocenters. The lowest BCUT2D eigenvalue weighted by Crippen LogP contribution is -2.32. The van der Waals surface area contributed by atoms with Crippen molar-refractivity contribution in [3.63, 3.8) is 0 Å². The Labute approximate surface area is 126 Å². The Morgan fingerprint density at radius 1 is 1.55 bits per heavy atom. The van der Waals surface area contributed by atoms with Gasteiger partial charge in [-0.2, -0.15) is 0 Å². The highest BCUT2D eigenvalue weighted by molar-refractivity contribution is 6.31. The van der Waals surface area contributed by atoms with E-state index in [9.17, 15) is 0 Å². The first-order valence-electron chi connectivity index (χ1n) is 7.23. The van der Waals surface area contributed by atoms with Crippen LogP contribution in [0.1, 0.15) is 25.8 Å². The van der Waals surface area contributed by atoms with E-state index < -0.39 is 0 Å². The van der Waals surface area contributed by atoms with Crippen molar-refractivity contribution in [2.45, 2.75) is 32.9 Å². The first-order chi connectivity index (χ1) is 9.58. The van der Waals surface area contributed by atoms with E-state index in [1.165, 1.54) is 0 Å². The molecule has 1 saturated heterocycles. The molecular weight excluding hydrogens is 274 g/mol. The number of aromatic nitrogens is 1. The van der Waals surface area contributed by atoms with Crippen LogP contribution in [-0.2, 0) is 11.3 Å². The van der Waals surface area contributed by atoms with Gasteiger partial charge in [0.15, 0.2) is 0 Å². The normalized spacial score (nSPS) is 18.8. The van der Waals surface area contributed by atoms with Crippen molar-refractivity contribution in [1.29, 1.82) is 0 Å². The predicted molar refractivity (Wildman–Crippen MR) is 83.4 cm³/mol. The van der Waals surface area contributed by atoms with Crippen LogP contribution in [0.3, 0.4) is 0 Å². The van der Waals surface area contributed by atoms with Crippen molar-refractivity contribution < 1.29 is 4.74 Å². The molecule has 0 aliphatic carbocycles. The lowest BCUT2D eigenvalue weighted by molar-refractivity contribution is 0.193. The highest BCUT2D eigenvalue weighted by Crippen LogP contribution is 2.23. The average Bonchev–Trinajstić information content (AvgIpc) is 2.93. The van der Waals surface area contributed by atoms with Crippen molar-refractivity contribution in [2.24, 2.45) is 5.92 Å². The van der Waals surface area contributed by atoms with Gasteiger partial charge in [0.1, 0.15) is 5.82 Å². The zero-order valence-electron chi connectivity index (χ0n) is 12.5. The third-order valence-corrected chi connectivity index (χ3v) is 3.94. The van der Waals surface area contributed by atoms with Gasteiger partial charge in [-0.1, -0.05) is 25.4 Å². The summed E-state index contributed by atoms with van der Waals surface area (Å²) in [6, 6.07) is 2.49. The molecule has 1 aromatic heterocycles. The van der Waals surface area contributed by atoms with Crippen LogP contribution in [0.4, 0.5) is 5.82 Å². The van der Waals surface area contributed by atoms with E-state index in [4.69, 9.17) is 16.3 Å². The second-order valence-corrected chi connectivity index (χ2v) is 6.19. The lowest BCUT2D eigenvalue weighted by Gasteiger charge is -2.25. The van der Waals surface area contributed by atoms with Gasteiger partial charge in [0.2, 0.25) is 0 Å². The number of ether oxygens (including phenoxy) is 1. The Morgan fingerprint density at radius 3 is 3.00 bits per heavy atom. The van der Waals surface area contributed by atoms with Crippen LogP contribution in [0, 0.1) is 5.92 Å². The van der Waals surface area contributed by atoms with Crippen LogP contribution < -0.4 is 10.2 Å². The molecule has 1 atom stereocenters. The van der Waals surface area contributed by atoms with E-state index in [0.717, 1.165) is 49.1 Å². The predicted octanol–water partition coefficient (Wildman–Crippen LogP) is 2.71. The summed E-state index contributed by atoms with van der Waals surface area (Å²) in [6.07, 6.45) is 2.80. The topological polar surface area (TPSA) is 37.4 Å². The van der Waals surface area contributed by atoms with Crippen LogP contribution in [0.25, 0.3) is 0 Å². The van der Waals surface area contributed by atoms with E-state index in [1.54, 1.807) is 6.20 Å². The minimum Gasteiger partial charge on any atom is -0.379 e. The number of rotatable bonds is 6. The fourth-order valence-corrected chi connectivity index (χ4v) is 2.48. The van der Waals surface area contributed by atoms with Crippen molar-refractivity contribution in [2.75, 3.05) is 31.7 Å². The SMILES string of the molecule is CC(C)CNCc1cc(N(C)C2CCOC2)ncc1Cl. The molecule has 5 heteroatoms. The summed E-state index contributed by atoms with van der Waals surface area (Å²) >= 11 is 6.23. The molecule has 1 N–H and O–H groups in total. The standard InChI is InChI=1S/C15H24ClN3O/c1-11(2)7-17-8-12-6-15(18-9-14(12)16)19(3)13-4-5-20-10-13/h6,9,11,13,17H,4-5,7-8,10H2,1-3H3. The van der Waals surface area contributed by atoms with Gasteiger partial charge in [-0.15, -0.1) is 0 Å². The zero-order chi connectivity index (χ0) is 14.5. The largest absolute Gasteiger partial charge is 0.379 e. The van der Waals surface area contributed by atoms with Crippen molar-refractivity contribution in [3.05, 3.63) is 22.8 Å². The second-order valence-electron chi connectivity index (χ2n) is 5.79. The molecule has 1 aliphatic rings. The van der Waals surface area contributed by atoms with Crippen LogP contribution in [0.15, 0.2) is 12.3 Å². The third kappa shape index (κ3) is 4.08. The number of halogens is 1. The summed E-state index contributed by atoms with van der Waals surface area (Å²) in [4.78, 5) is 6.63. The maximum atomic E-state index is 6.23. The molecule has 20 heavy (non-hydrogen) atoms. The minimum atomic E-state index is 0.417. The summed E-state index contributed by atoms with van der Waals surface area (Å²) in [5.74, 6) is 1.60. The number of likely N-dealkylation sites (N-methyl/N-ethyl adjacent to an activating group) is 1. The summed E-state index contributed by atoms with van der Waals surface area (Å²) in [7, 11) is 2.07. The average molecular weight is 298 g/mol. The minimum absolute atomic E-state index is 0.417. The molecule has 0 amide bonds. The van der Waals surface area contributed by atoms with Gasteiger partial charge in [0.25, 0.3) is 0 Å². The maximum Gasteiger partial charge on any atom is 0.128 e. The van der Waals surface area contributed by atoms with Crippen molar-refractivity contribution in [3.8, 4) is 0 Å². The molecule has 112 valence electrons. The second kappa shape index (κ2) is 7.25. The quantitative estimate of drug-likeness (QED) is 0.876. The van der Waals surface area contributed by atoms with Gasteiger partial charge in [0.05, 0.1) is 17.7 Å². The van der Waals surface area contributed by atoms with Gasteiger partial charge in [0, 0.05) is 26.4 Å². The maximum absolute atomic E-state index is 6.23. The van der Waals surface area contributed by atoms with Crippen molar-refractivity contribution in [1.82, 2.24) is 10.3 Å². The van der Waals surface area contributed by atoms with Gasteiger partial charge < -0.3 is 15.0 Å². The zero-order valence-corrected chi connectivity index (χ0v) is 13.3. The number of anilines is 1. The molecule has 1 aromatic rings. The number of hydrogen-bond acceptors (Lipinski definition) is 4. The Balaban J connectivity index is 2.03. The fraction of sp³-hybridized carbons (Fsp3) is 0.667. The highest BCUT2D eigenvalue weighted by Gasteiger charge is 2.21. The Bertz CT molecular complexity index is 433. The summed E-state index contributed by atoms with van der Waals surface area (Å²) in [5, 5.41) is 4.15. The Morgan fingerprint density at radius 2 is 2.35 bits per heavy atom. The molecule has 2 rings (SSSR count). The van der Waals surface area contributed by atoms with Crippen LogP contribution in [0.5, 0.6) is 0 Å². The Kier molecular flexibility index (Phi) is 5.64. The number of nitrogens with one attached hydrogen (secondary N) is 1. The smallest absolute Gasteiger partial charge is 0.128 e. The Hall–Kier alpha value is -0.840. The molecule has 4 nitrogen and oxygen atoms in total. The van der Waals surface area contributed by atoms with E-state index in [1.807, 2.05) is 0 Å². The first-order valence-corrected chi connectivity index (χ1v) is 7.61. The highest BCUT2D eigenvalue weighted by atomic mass is 35.5. The molecule has 2 heterocycles. The van der Waals surface area contributed by atoms with Gasteiger partial charge in [-0.3, -0.25) is 0 Å². The molecule has 0 saturated carbocycles. The molecule has 0 aromatic carbocycles. The van der Waals surface area contributed by atoms with E-state index in [0.29, 0.717) is 12.0 Å². The third-order valence-electron chi connectivity index (χ3n) is 3.60. The fourth-order valence-electron chi connectivity index (χ4n) is 2.31. The lowest BCUT2D eigenvalue weighted by atomic mass is 10.2. The van der Waals surface area contributed by atoms with Gasteiger partial charge in [-0.05, 0) is 30.5 Å². The van der Waals surface area contributed by atoms with E-state index >= 15 is 0 Å². The number of pyridine rings is 1. The number of hydrogen-bond donors (Lipinski definition) is 1. The summed E-state index contributed by atoms with van der Waals surface area (Å²) < 4.78 is 5.44. The molecular formula is C15H24ClN3O. The molecule has 0 radical (unpaired) electrons. The van der Waals surface area contributed by atoms with Gasteiger partial charge in [-0.25, -0.2) is 4.98 Å². The molecule has 0 spiro atoms. The van der Waals surface area contributed by atoms with Crippen LogP contribution in [0.2, 0.25) is 5.02 Å². The van der Waals surface area contributed by atoms with Crippen molar-refractivity contribution >= 4 is 17.4 Å². The first kappa shape index (κ1) is 15.5. The summed E-state index contributed by atoms with van der Waals surface area (Å²) in [6.45, 7) is 7.77. The monoisotopic (exact) mass is 297 g/mol. The number of nitrogens with zero attached hydrogens (tertiary/aromatic N) is 2. The van der Waals surface area contributed by atoms with Gasteiger partial charge >= 0.3 is 0 Å². The van der Waals surface area contributed by atoms with Crippen LogP contribution >= 0.6 is 11.6 Å². The molecule has 1 aliphatic heterocycles. The van der Waals surface area contributed by atoms with E-state index in [2.05, 4.69) is 42.2 Å². The van der Waals surface area contributed by atoms with Crippen LogP contribution in [-0.4, -0.2) is 37.8 Å². The van der Waals surface area contributed by atoms with E-state index in [-0.39, 0.29) is 0 Å². The molecule has 0 bridgehead atoms. The molecule has 1 fully saturated rings. The summed E-state index contributed by atoms with van der Waals surface area (Å²) in [5.41, 5.74) is 1.10.